The molecule has 8 heteroatoms. The van der Waals surface area contributed by atoms with E-state index in [9.17, 15) is 13.2 Å². The fourth-order valence-corrected chi connectivity index (χ4v) is 5.29. The van der Waals surface area contributed by atoms with Crippen molar-refractivity contribution < 1.29 is 27.4 Å². The number of fused-ring (bicyclic) bond motifs is 1. The topological polar surface area (TPSA) is 82.1 Å². The third-order valence-electron chi connectivity index (χ3n) is 5.56. The Labute approximate surface area is 176 Å². The van der Waals surface area contributed by atoms with Gasteiger partial charge in [0.15, 0.2) is 17.3 Å². The number of methoxy groups -OCH3 is 1. The summed E-state index contributed by atoms with van der Waals surface area (Å²) in [4.78, 5) is 13.0. The number of ketones is 1. The number of hydrogen-bond acceptors (Lipinski definition) is 6. The number of carbonyl (C=O) groups excluding carboxylic acids is 1. The van der Waals surface area contributed by atoms with E-state index in [1.54, 1.807) is 43.5 Å². The number of rotatable bonds is 5. The number of carbonyl (C=O) groups is 1. The lowest BCUT2D eigenvalue weighted by molar-refractivity contribution is 0.0875. The molecule has 2 heterocycles. The molecular formula is C22H25NO6S. The summed E-state index contributed by atoms with van der Waals surface area (Å²) in [5.41, 5.74) is 0.625. The van der Waals surface area contributed by atoms with E-state index in [0.29, 0.717) is 62.0 Å². The van der Waals surface area contributed by atoms with Crippen LogP contribution in [0.2, 0.25) is 0 Å². The fourth-order valence-electron chi connectivity index (χ4n) is 3.80. The lowest BCUT2D eigenvalue weighted by atomic mass is 9.89. The van der Waals surface area contributed by atoms with E-state index < -0.39 is 10.0 Å². The highest BCUT2D eigenvalue weighted by atomic mass is 32.2. The summed E-state index contributed by atoms with van der Waals surface area (Å²) < 4.78 is 44.0. The fraction of sp³-hybridized carbons (Fsp3) is 0.409. The van der Waals surface area contributed by atoms with Crippen LogP contribution < -0.4 is 14.2 Å². The van der Waals surface area contributed by atoms with Crippen LogP contribution >= 0.6 is 0 Å². The van der Waals surface area contributed by atoms with Crippen LogP contribution in [0.25, 0.3) is 0 Å². The summed E-state index contributed by atoms with van der Waals surface area (Å²) >= 11 is 0. The van der Waals surface area contributed by atoms with Gasteiger partial charge >= 0.3 is 0 Å². The van der Waals surface area contributed by atoms with E-state index in [0.717, 1.165) is 6.42 Å². The third kappa shape index (κ3) is 4.15. The molecule has 0 N–H and O–H groups in total. The Morgan fingerprint density at radius 1 is 1.00 bits per heavy atom. The molecule has 160 valence electrons. The summed E-state index contributed by atoms with van der Waals surface area (Å²) in [6.07, 6.45) is 1.75. The zero-order chi connectivity index (χ0) is 21.1. The van der Waals surface area contributed by atoms with Gasteiger partial charge in [0, 0.05) is 37.1 Å². The molecule has 0 radical (unpaired) electrons. The quantitative estimate of drug-likeness (QED) is 0.677. The first-order valence-electron chi connectivity index (χ1n) is 10.1. The Morgan fingerprint density at radius 3 is 2.33 bits per heavy atom. The van der Waals surface area contributed by atoms with Crippen LogP contribution in [0, 0.1) is 5.92 Å². The van der Waals surface area contributed by atoms with Crippen molar-refractivity contribution in [1.29, 1.82) is 0 Å². The summed E-state index contributed by atoms with van der Waals surface area (Å²) in [5.74, 6) is 1.58. The van der Waals surface area contributed by atoms with E-state index in [1.165, 1.54) is 10.4 Å². The largest absolute Gasteiger partial charge is 0.497 e. The molecular weight excluding hydrogens is 406 g/mol. The molecule has 2 aliphatic heterocycles. The Bertz CT molecular complexity index is 1010. The predicted octanol–water partition coefficient (Wildman–Crippen LogP) is 3.14. The predicted molar refractivity (Wildman–Crippen MR) is 111 cm³/mol. The van der Waals surface area contributed by atoms with Crippen LogP contribution in [0.3, 0.4) is 0 Å². The van der Waals surface area contributed by atoms with Gasteiger partial charge in [-0.3, -0.25) is 4.79 Å². The zero-order valence-electron chi connectivity index (χ0n) is 16.9. The molecule has 4 rings (SSSR count). The monoisotopic (exact) mass is 431 g/mol. The first-order valence-corrected chi connectivity index (χ1v) is 11.5. The summed E-state index contributed by atoms with van der Waals surface area (Å²) in [6.45, 7) is 1.66. The molecule has 7 nitrogen and oxygen atoms in total. The molecule has 0 aliphatic carbocycles. The molecule has 0 saturated carbocycles. The first kappa shape index (κ1) is 20.7. The summed E-state index contributed by atoms with van der Waals surface area (Å²) in [6, 6.07) is 11.8. The molecule has 0 aromatic heterocycles. The van der Waals surface area contributed by atoms with E-state index >= 15 is 0 Å². The normalized spacial score (nSPS) is 17.9. The molecule has 0 atom stereocenters. The van der Waals surface area contributed by atoms with Gasteiger partial charge in [0.2, 0.25) is 10.0 Å². The number of Topliss-reactive ketones (excluding diaryl/α,β-unsaturated/α-hetero) is 1. The van der Waals surface area contributed by atoms with E-state index in [1.807, 2.05) is 0 Å². The molecule has 2 aliphatic rings. The number of hydrogen-bond donors (Lipinski definition) is 0. The van der Waals surface area contributed by atoms with Crippen molar-refractivity contribution in [3.05, 3.63) is 48.0 Å². The SMILES string of the molecule is COc1ccc(C(=O)C2CCN(S(=O)(=O)c3ccc4c(c3)OCCCO4)CC2)cc1. The van der Waals surface area contributed by atoms with Crippen LogP contribution in [-0.4, -0.2) is 51.9 Å². The summed E-state index contributed by atoms with van der Waals surface area (Å²) in [7, 11) is -2.08. The van der Waals surface area contributed by atoms with Gasteiger partial charge in [0.05, 0.1) is 25.2 Å². The second-order valence-corrected chi connectivity index (χ2v) is 9.37. The van der Waals surface area contributed by atoms with Crippen molar-refractivity contribution in [3.63, 3.8) is 0 Å². The summed E-state index contributed by atoms with van der Waals surface area (Å²) in [5, 5.41) is 0. The maximum absolute atomic E-state index is 13.1. The molecule has 0 spiro atoms. The van der Waals surface area contributed by atoms with Gasteiger partial charge in [0.25, 0.3) is 0 Å². The van der Waals surface area contributed by atoms with Crippen LogP contribution in [-0.2, 0) is 10.0 Å². The first-order chi connectivity index (χ1) is 14.5. The van der Waals surface area contributed by atoms with Crippen LogP contribution in [0.4, 0.5) is 0 Å². The Hall–Kier alpha value is -2.58. The Morgan fingerprint density at radius 2 is 1.67 bits per heavy atom. The zero-order valence-corrected chi connectivity index (χ0v) is 17.7. The van der Waals surface area contributed by atoms with Crippen molar-refractivity contribution in [1.82, 2.24) is 4.31 Å². The smallest absolute Gasteiger partial charge is 0.243 e. The molecule has 2 aromatic rings. The highest BCUT2D eigenvalue weighted by molar-refractivity contribution is 7.89. The number of benzene rings is 2. The van der Waals surface area contributed by atoms with Crippen molar-refractivity contribution in [2.45, 2.75) is 24.2 Å². The second-order valence-electron chi connectivity index (χ2n) is 7.43. The van der Waals surface area contributed by atoms with Gasteiger partial charge in [-0.1, -0.05) is 0 Å². The molecule has 0 unspecified atom stereocenters. The van der Waals surface area contributed by atoms with Crippen molar-refractivity contribution in [2.75, 3.05) is 33.4 Å². The maximum atomic E-state index is 13.1. The minimum atomic E-state index is -3.66. The highest BCUT2D eigenvalue weighted by Gasteiger charge is 2.33. The van der Waals surface area contributed by atoms with Gasteiger partial charge in [-0.2, -0.15) is 4.31 Å². The van der Waals surface area contributed by atoms with Crippen molar-refractivity contribution >= 4 is 15.8 Å². The van der Waals surface area contributed by atoms with Crippen LogP contribution in [0.15, 0.2) is 47.4 Å². The highest BCUT2D eigenvalue weighted by Crippen LogP contribution is 2.34. The number of piperidine rings is 1. The molecule has 2 aromatic carbocycles. The second kappa shape index (κ2) is 8.65. The lowest BCUT2D eigenvalue weighted by Crippen LogP contribution is -2.40. The number of ether oxygens (including phenoxy) is 3. The molecule has 0 amide bonds. The average Bonchev–Trinajstić information content (AvgIpc) is 3.03. The van der Waals surface area contributed by atoms with Crippen LogP contribution in [0.1, 0.15) is 29.6 Å². The van der Waals surface area contributed by atoms with Gasteiger partial charge in [-0.05, 0) is 49.2 Å². The van der Waals surface area contributed by atoms with Crippen molar-refractivity contribution in [3.8, 4) is 17.2 Å². The van der Waals surface area contributed by atoms with E-state index in [-0.39, 0.29) is 16.6 Å². The van der Waals surface area contributed by atoms with Crippen molar-refractivity contribution in [2.24, 2.45) is 5.92 Å². The Kier molecular flexibility index (Phi) is 5.97. The van der Waals surface area contributed by atoms with E-state index in [4.69, 9.17) is 14.2 Å². The Balaban J connectivity index is 1.44. The minimum Gasteiger partial charge on any atom is -0.497 e. The van der Waals surface area contributed by atoms with Gasteiger partial charge in [-0.15, -0.1) is 0 Å². The lowest BCUT2D eigenvalue weighted by Gasteiger charge is -2.30. The van der Waals surface area contributed by atoms with Gasteiger partial charge in [-0.25, -0.2) is 8.42 Å². The minimum absolute atomic E-state index is 0.0466. The van der Waals surface area contributed by atoms with Gasteiger partial charge < -0.3 is 14.2 Å². The van der Waals surface area contributed by atoms with Gasteiger partial charge in [0.1, 0.15) is 5.75 Å². The number of nitrogens with zero attached hydrogens (tertiary/aromatic N) is 1. The number of sulfonamides is 1. The molecule has 1 saturated heterocycles. The molecule has 0 bridgehead atoms. The van der Waals surface area contributed by atoms with Crippen LogP contribution in [0.5, 0.6) is 17.2 Å². The van der Waals surface area contributed by atoms with E-state index in [2.05, 4.69) is 0 Å². The third-order valence-corrected chi connectivity index (χ3v) is 7.45. The molecule has 30 heavy (non-hydrogen) atoms. The standard InChI is InChI=1S/C22H25NO6S/c1-27-18-5-3-16(4-6-18)22(24)17-9-11-23(12-10-17)30(25,26)19-7-8-20-21(15-19)29-14-2-13-28-20/h3-8,15,17H,2,9-14H2,1H3. The average molecular weight is 432 g/mol. The molecule has 1 fully saturated rings. The maximum Gasteiger partial charge on any atom is 0.243 e.